The van der Waals surface area contributed by atoms with Crippen molar-refractivity contribution in [1.82, 2.24) is 4.72 Å². The van der Waals surface area contributed by atoms with Crippen LogP contribution < -0.4 is 4.72 Å². The van der Waals surface area contributed by atoms with Crippen molar-refractivity contribution in [3.8, 4) is 0 Å². The average Bonchev–Trinajstić information content (AvgIpc) is 3.29. The third-order valence-electron chi connectivity index (χ3n) is 4.25. The Morgan fingerprint density at radius 1 is 1.06 bits per heavy atom. The Labute approximate surface area is 182 Å². The van der Waals surface area contributed by atoms with E-state index in [0.29, 0.717) is 11.3 Å². The fourth-order valence-corrected chi connectivity index (χ4v) is 3.62. The number of nitrogens with one attached hydrogen (secondary N) is 1. The molecule has 0 aliphatic rings. The molecule has 0 aliphatic carbocycles. The lowest BCUT2D eigenvalue weighted by Gasteiger charge is -2.08. The Bertz CT molecular complexity index is 1190. The molecule has 0 saturated heterocycles. The standard InChI is InChI=1S/C22H18F3NO5S/c23-22(24,25)18-4-1-3-17(13-18)15-31-21(27)11-8-16-6-9-20(10-7-16)32(28,29)26-14-19-5-2-12-30-19/h1-13,26H,14-15H2. The Morgan fingerprint density at radius 3 is 2.47 bits per heavy atom. The number of carbonyl (C=O) groups excluding carboxylic acids is 1. The second-order valence-corrected chi connectivity index (χ2v) is 8.38. The maximum atomic E-state index is 12.7. The maximum absolute atomic E-state index is 12.7. The van der Waals surface area contributed by atoms with Gasteiger partial charge in [-0.2, -0.15) is 13.2 Å². The molecule has 0 atom stereocenters. The largest absolute Gasteiger partial charge is 0.468 e. The van der Waals surface area contributed by atoms with Crippen molar-refractivity contribution in [2.24, 2.45) is 0 Å². The van der Waals surface area contributed by atoms with Gasteiger partial charge in [0.15, 0.2) is 0 Å². The van der Waals surface area contributed by atoms with Crippen LogP contribution in [-0.2, 0) is 38.9 Å². The Morgan fingerprint density at radius 2 is 1.81 bits per heavy atom. The maximum Gasteiger partial charge on any atom is 0.416 e. The molecule has 0 amide bonds. The number of carbonyl (C=O) groups is 1. The van der Waals surface area contributed by atoms with Crippen molar-refractivity contribution in [2.45, 2.75) is 24.2 Å². The summed E-state index contributed by atoms with van der Waals surface area (Å²) in [5.74, 6) is -0.281. The SMILES string of the molecule is O=C(C=Cc1ccc(S(=O)(=O)NCc2ccco2)cc1)OCc1cccc(C(F)(F)F)c1. The highest BCUT2D eigenvalue weighted by atomic mass is 32.2. The lowest BCUT2D eigenvalue weighted by atomic mass is 10.1. The Kier molecular flexibility index (Phi) is 7.16. The van der Waals surface area contributed by atoms with Crippen LogP contribution in [0.25, 0.3) is 6.08 Å². The number of rotatable bonds is 8. The second-order valence-electron chi connectivity index (χ2n) is 6.61. The Balaban J connectivity index is 1.54. The molecule has 32 heavy (non-hydrogen) atoms. The number of benzene rings is 2. The summed E-state index contributed by atoms with van der Waals surface area (Å²) in [5.41, 5.74) is -0.0838. The van der Waals surface area contributed by atoms with Gasteiger partial charge in [-0.25, -0.2) is 17.9 Å². The number of ether oxygens (including phenoxy) is 1. The molecule has 0 aliphatic heterocycles. The van der Waals surface area contributed by atoms with Gasteiger partial charge >= 0.3 is 12.1 Å². The smallest absolute Gasteiger partial charge is 0.416 e. The van der Waals surface area contributed by atoms with Crippen LogP contribution in [0.1, 0.15) is 22.5 Å². The molecule has 2 aromatic carbocycles. The van der Waals surface area contributed by atoms with E-state index in [1.165, 1.54) is 48.7 Å². The summed E-state index contributed by atoms with van der Waals surface area (Å²) in [6, 6.07) is 13.5. The van der Waals surface area contributed by atoms with Crippen molar-refractivity contribution < 1.29 is 35.5 Å². The van der Waals surface area contributed by atoms with Crippen LogP contribution in [0.4, 0.5) is 13.2 Å². The molecule has 1 N–H and O–H groups in total. The zero-order valence-electron chi connectivity index (χ0n) is 16.5. The van der Waals surface area contributed by atoms with Crippen molar-refractivity contribution in [3.63, 3.8) is 0 Å². The molecule has 0 radical (unpaired) electrons. The van der Waals surface area contributed by atoms with E-state index in [1.807, 2.05) is 0 Å². The molecule has 10 heteroatoms. The first-order valence-electron chi connectivity index (χ1n) is 9.26. The number of sulfonamides is 1. The quantitative estimate of drug-likeness (QED) is 0.390. The van der Waals surface area contributed by atoms with Gasteiger partial charge in [-0.3, -0.25) is 0 Å². The Hall–Kier alpha value is -3.37. The van der Waals surface area contributed by atoms with Crippen molar-refractivity contribution in [2.75, 3.05) is 0 Å². The van der Waals surface area contributed by atoms with Crippen molar-refractivity contribution in [1.29, 1.82) is 0 Å². The molecule has 0 fully saturated rings. The van der Waals surface area contributed by atoms with Crippen LogP contribution in [0.2, 0.25) is 0 Å². The minimum absolute atomic E-state index is 0.00864. The zero-order valence-corrected chi connectivity index (χ0v) is 17.3. The molecule has 3 rings (SSSR count). The van der Waals surface area contributed by atoms with E-state index in [9.17, 15) is 26.4 Å². The summed E-state index contributed by atoms with van der Waals surface area (Å²) < 4.78 is 75.2. The van der Waals surface area contributed by atoms with E-state index >= 15 is 0 Å². The van der Waals surface area contributed by atoms with Gasteiger partial charge in [0.2, 0.25) is 10.0 Å². The molecular formula is C22H18F3NO5S. The third-order valence-corrected chi connectivity index (χ3v) is 5.67. The van der Waals surface area contributed by atoms with E-state index < -0.39 is 27.7 Å². The molecule has 168 valence electrons. The summed E-state index contributed by atoms with van der Waals surface area (Å²) in [6.07, 6.45) is -0.531. The first-order valence-corrected chi connectivity index (χ1v) is 10.7. The van der Waals surface area contributed by atoms with Gasteiger partial charge in [-0.1, -0.05) is 24.3 Å². The minimum atomic E-state index is -4.48. The molecule has 6 nitrogen and oxygen atoms in total. The number of esters is 1. The third kappa shape index (κ3) is 6.56. The van der Waals surface area contributed by atoms with Gasteiger partial charge in [0.05, 0.1) is 23.3 Å². The zero-order chi connectivity index (χ0) is 23.2. The fourth-order valence-electron chi connectivity index (χ4n) is 2.63. The van der Waals surface area contributed by atoms with Crippen LogP contribution in [0, 0.1) is 0 Å². The predicted octanol–water partition coefficient (Wildman–Crippen LogP) is 4.53. The fraction of sp³-hybridized carbons (Fsp3) is 0.136. The van der Waals surface area contributed by atoms with Crippen LogP contribution in [0.3, 0.4) is 0 Å². The van der Waals surface area contributed by atoms with Gasteiger partial charge in [-0.05, 0) is 53.6 Å². The number of alkyl halides is 3. The van der Waals surface area contributed by atoms with Gasteiger partial charge in [0.1, 0.15) is 12.4 Å². The van der Waals surface area contributed by atoms with E-state index in [-0.39, 0.29) is 23.6 Å². The van der Waals surface area contributed by atoms with Gasteiger partial charge < -0.3 is 9.15 Å². The van der Waals surface area contributed by atoms with Gasteiger partial charge in [-0.15, -0.1) is 0 Å². The van der Waals surface area contributed by atoms with Gasteiger partial charge in [0.25, 0.3) is 0 Å². The molecule has 3 aromatic rings. The van der Waals surface area contributed by atoms with Crippen molar-refractivity contribution in [3.05, 3.63) is 95.5 Å². The highest BCUT2D eigenvalue weighted by molar-refractivity contribution is 7.89. The van der Waals surface area contributed by atoms with Crippen LogP contribution >= 0.6 is 0 Å². The van der Waals surface area contributed by atoms with E-state index in [2.05, 4.69) is 4.72 Å². The molecule has 1 heterocycles. The molecular weight excluding hydrogens is 447 g/mol. The monoisotopic (exact) mass is 465 g/mol. The predicted molar refractivity (Wildman–Crippen MR) is 109 cm³/mol. The highest BCUT2D eigenvalue weighted by Gasteiger charge is 2.30. The highest BCUT2D eigenvalue weighted by Crippen LogP contribution is 2.29. The summed E-state index contributed by atoms with van der Waals surface area (Å²) in [6.45, 7) is -0.305. The van der Waals surface area contributed by atoms with Crippen LogP contribution in [-0.4, -0.2) is 14.4 Å². The summed E-state index contributed by atoms with van der Waals surface area (Å²) in [4.78, 5) is 11.9. The minimum Gasteiger partial charge on any atom is -0.468 e. The lowest BCUT2D eigenvalue weighted by Crippen LogP contribution is -2.22. The number of hydrogen-bond acceptors (Lipinski definition) is 5. The van der Waals surface area contributed by atoms with E-state index in [4.69, 9.17) is 9.15 Å². The van der Waals surface area contributed by atoms with E-state index in [1.54, 1.807) is 12.1 Å². The van der Waals surface area contributed by atoms with Crippen LogP contribution in [0.5, 0.6) is 0 Å². The molecule has 0 unspecified atom stereocenters. The molecule has 1 aromatic heterocycles. The first kappa shape index (κ1) is 23.3. The van der Waals surface area contributed by atoms with E-state index in [0.717, 1.165) is 18.2 Å². The first-order chi connectivity index (χ1) is 15.1. The molecule has 0 spiro atoms. The summed E-state index contributed by atoms with van der Waals surface area (Å²) in [5, 5.41) is 0. The van der Waals surface area contributed by atoms with Crippen LogP contribution in [0.15, 0.2) is 82.3 Å². The number of hydrogen-bond donors (Lipinski definition) is 1. The topological polar surface area (TPSA) is 85.6 Å². The van der Waals surface area contributed by atoms with Crippen molar-refractivity contribution >= 4 is 22.1 Å². The number of halogens is 3. The lowest BCUT2D eigenvalue weighted by molar-refractivity contribution is -0.138. The summed E-state index contributed by atoms with van der Waals surface area (Å²) in [7, 11) is -3.74. The molecule has 0 saturated carbocycles. The molecule has 0 bridgehead atoms. The van der Waals surface area contributed by atoms with Gasteiger partial charge in [0, 0.05) is 6.08 Å². The normalized spacial score (nSPS) is 12.2. The summed E-state index contributed by atoms with van der Waals surface area (Å²) >= 11 is 0. The number of furan rings is 1. The average molecular weight is 465 g/mol. The second kappa shape index (κ2) is 9.84.